The summed E-state index contributed by atoms with van der Waals surface area (Å²) in [5.74, 6) is 0.559. The van der Waals surface area contributed by atoms with E-state index in [0.717, 1.165) is 25.5 Å². The third-order valence-electron chi connectivity index (χ3n) is 3.14. The molecule has 0 bridgehead atoms. The molecule has 2 heterocycles. The molecule has 4 nitrogen and oxygen atoms in total. The molecule has 1 aliphatic rings. The molecular weight excluding hydrogens is 202 g/mol. The van der Waals surface area contributed by atoms with Gasteiger partial charge in [-0.3, -0.25) is 4.68 Å². The maximum absolute atomic E-state index is 5.56. The Morgan fingerprint density at radius 1 is 1.69 bits per heavy atom. The molecule has 1 aromatic rings. The number of hydrogen-bond acceptors (Lipinski definition) is 3. The molecular formula is C12H21N3O. The Morgan fingerprint density at radius 3 is 3.12 bits per heavy atom. The summed E-state index contributed by atoms with van der Waals surface area (Å²) in [5, 5.41) is 8.03. The topological polar surface area (TPSA) is 39.1 Å². The molecule has 16 heavy (non-hydrogen) atoms. The van der Waals surface area contributed by atoms with Crippen molar-refractivity contribution < 1.29 is 4.74 Å². The zero-order valence-corrected chi connectivity index (χ0v) is 10.1. The third kappa shape index (κ3) is 2.62. The standard InChI is InChI=1S/C12H21N3O/c1-3-13-12(10-5-4-8-16-9-10)11-6-7-15(2)14-11/h6-7,10,12-13H,3-5,8-9H2,1-2H3. The van der Waals surface area contributed by atoms with Crippen molar-refractivity contribution in [1.29, 1.82) is 0 Å². The lowest BCUT2D eigenvalue weighted by Crippen LogP contribution is -2.33. The van der Waals surface area contributed by atoms with Crippen LogP contribution in [0.2, 0.25) is 0 Å². The number of hydrogen-bond donors (Lipinski definition) is 1. The molecule has 90 valence electrons. The predicted octanol–water partition coefficient (Wildman–Crippen LogP) is 1.50. The summed E-state index contributed by atoms with van der Waals surface area (Å²) in [6.45, 7) is 4.88. The van der Waals surface area contributed by atoms with E-state index in [1.54, 1.807) is 0 Å². The second kappa shape index (κ2) is 5.46. The number of nitrogens with one attached hydrogen (secondary N) is 1. The number of rotatable bonds is 4. The summed E-state index contributed by atoms with van der Waals surface area (Å²) in [6, 6.07) is 2.44. The van der Waals surface area contributed by atoms with Crippen LogP contribution in [0.25, 0.3) is 0 Å². The number of ether oxygens (including phenoxy) is 1. The van der Waals surface area contributed by atoms with Crippen LogP contribution in [0.1, 0.15) is 31.5 Å². The Kier molecular flexibility index (Phi) is 3.96. The Bertz CT molecular complexity index is 318. The van der Waals surface area contributed by atoms with Crippen LogP contribution < -0.4 is 5.32 Å². The summed E-state index contributed by atoms with van der Waals surface area (Å²) in [5.41, 5.74) is 1.14. The zero-order valence-electron chi connectivity index (χ0n) is 10.1. The first-order chi connectivity index (χ1) is 7.81. The second-order valence-electron chi connectivity index (χ2n) is 4.43. The van der Waals surface area contributed by atoms with Crippen LogP contribution in [0.3, 0.4) is 0 Å². The zero-order chi connectivity index (χ0) is 11.4. The lowest BCUT2D eigenvalue weighted by molar-refractivity contribution is 0.0385. The molecule has 1 saturated heterocycles. The van der Waals surface area contributed by atoms with Crippen molar-refractivity contribution in [2.24, 2.45) is 13.0 Å². The summed E-state index contributed by atoms with van der Waals surface area (Å²) < 4.78 is 7.43. The van der Waals surface area contributed by atoms with E-state index in [1.165, 1.54) is 12.8 Å². The van der Waals surface area contributed by atoms with Crippen LogP contribution in [-0.2, 0) is 11.8 Å². The van der Waals surface area contributed by atoms with Crippen LogP contribution in [0.4, 0.5) is 0 Å². The molecule has 0 spiro atoms. The maximum atomic E-state index is 5.56. The van der Waals surface area contributed by atoms with Crippen LogP contribution in [0, 0.1) is 5.92 Å². The van der Waals surface area contributed by atoms with Crippen molar-refractivity contribution in [3.63, 3.8) is 0 Å². The minimum absolute atomic E-state index is 0.339. The van der Waals surface area contributed by atoms with Gasteiger partial charge in [0.1, 0.15) is 0 Å². The van der Waals surface area contributed by atoms with Crippen LogP contribution in [-0.4, -0.2) is 29.5 Å². The normalized spacial score (nSPS) is 23.2. The van der Waals surface area contributed by atoms with Gasteiger partial charge in [0, 0.05) is 25.8 Å². The Morgan fingerprint density at radius 2 is 2.56 bits per heavy atom. The van der Waals surface area contributed by atoms with Gasteiger partial charge in [-0.15, -0.1) is 0 Å². The maximum Gasteiger partial charge on any atom is 0.0797 e. The molecule has 1 N–H and O–H groups in total. The highest BCUT2D eigenvalue weighted by molar-refractivity contribution is 5.07. The van der Waals surface area contributed by atoms with Gasteiger partial charge in [0.05, 0.1) is 18.3 Å². The van der Waals surface area contributed by atoms with Crippen LogP contribution >= 0.6 is 0 Å². The minimum atomic E-state index is 0.339. The first kappa shape index (κ1) is 11.6. The van der Waals surface area contributed by atoms with E-state index in [-0.39, 0.29) is 0 Å². The highest BCUT2D eigenvalue weighted by Gasteiger charge is 2.26. The summed E-state index contributed by atoms with van der Waals surface area (Å²) in [4.78, 5) is 0. The van der Waals surface area contributed by atoms with E-state index in [1.807, 2.05) is 17.9 Å². The Labute approximate surface area is 97.0 Å². The van der Waals surface area contributed by atoms with Gasteiger partial charge in [-0.1, -0.05) is 6.92 Å². The summed E-state index contributed by atoms with van der Waals surface area (Å²) in [6.07, 6.45) is 4.40. The quantitative estimate of drug-likeness (QED) is 0.840. The molecule has 0 amide bonds. The fraction of sp³-hybridized carbons (Fsp3) is 0.750. The van der Waals surface area contributed by atoms with Crippen molar-refractivity contribution in [2.75, 3.05) is 19.8 Å². The number of aromatic nitrogens is 2. The van der Waals surface area contributed by atoms with Crippen molar-refractivity contribution in [3.8, 4) is 0 Å². The van der Waals surface area contributed by atoms with E-state index in [9.17, 15) is 0 Å². The fourth-order valence-electron chi connectivity index (χ4n) is 2.36. The van der Waals surface area contributed by atoms with Crippen molar-refractivity contribution in [3.05, 3.63) is 18.0 Å². The molecule has 0 saturated carbocycles. The number of aryl methyl sites for hydroxylation is 1. The minimum Gasteiger partial charge on any atom is -0.381 e. The Balaban J connectivity index is 2.09. The van der Waals surface area contributed by atoms with E-state index in [2.05, 4.69) is 23.4 Å². The lowest BCUT2D eigenvalue weighted by atomic mass is 9.91. The highest BCUT2D eigenvalue weighted by Crippen LogP contribution is 2.27. The third-order valence-corrected chi connectivity index (χ3v) is 3.14. The molecule has 2 unspecified atom stereocenters. The van der Waals surface area contributed by atoms with Crippen LogP contribution in [0.5, 0.6) is 0 Å². The second-order valence-corrected chi connectivity index (χ2v) is 4.43. The smallest absolute Gasteiger partial charge is 0.0797 e. The summed E-state index contributed by atoms with van der Waals surface area (Å²) >= 11 is 0. The van der Waals surface area contributed by atoms with Gasteiger partial charge < -0.3 is 10.1 Å². The molecule has 2 atom stereocenters. The van der Waals surface area contributed by atoms with Crippen LogP contribution in [0.15, 0.2) is 12.3 Å². The van der Waals surface area contributed by atoms with Crippen molar-refractivity contribution in [1.82, 2.24) is 15.1 Å². The summed E-state index contributed by atoms with van der Waals surface area (Å²) in [7, 11) is 1.96. The first-order valence-electron chi connectivity index (χ1n) is 6.12. The fourth-order valence-corrected chi connectivity index (χ4v) is 2.36. The molecule has 0 radical (unpaired) electrons. The van der Waals surface area contributed by atoms with Gasteiger partial charge in [0.15, 0.2) is 0 Å². The van der Waals surface area contributed by atoms with Gasteiger partial charge in [0.2, 0.25) is 0 Å². The van der Waals surface area contributed by atoms with Gasteiger partial charge in [0.25, 0.3) is 0 Å². The van der Waals surface area contributed by atoms with E-state index in [0.29, 0.717) is 12.0 Å². The van der Waals surface area contributed by atoms with Gasteiger partial charge in [-0.25, -0.2) is 0 Å². The molecule has 1 aromatic heterocycles. The molecule has 0 aromatic carbocycles. The van der Waals surface area contributed by atoms with Gasteiger partial charge in [-0.05, 0) is 25.5 Å². The van der Waals surface area contributed by atoms with Gasteiger partial charge >= 0.3 is 0 Å². The molecule has 1 fully saturated rings. The average Bonchev–Trinajstić information content (AvgIpc) is 2.74. The van der Waals surface area contributed by atoms with E-state index < -0.39 is 0 Å². The monoisotopic (exact) mass is 223 g/mol. The molecule has 0 aliphatic carbocycles. The largest absolute Gasteiger partial charge is 0.381 e. The first-order valence-corrected chi connectivity index (χ1v) is 6.12. The molecule has 2 rings (SSSR count). The predicted molar refractivity (Wildman–Crippen MR) is 63.2 cm³/mol. The van der Waals surface area contributed by atoms with Gasteiger partial charge in [-0.2, -0.15) is 5.10 Å². The SMILES string of the molecule is CCNC(c1ccn(C)n1)C1CCCOC1. The highest BCUT2D eigenvalue weighted by atomic mass is 16.5. The molecule has 4 heteroatoms. The van der Waals surface area contributed by atoms with E-state index >= 15 is 0 Å². The lowest BCUT2D eigenvalue weighted by Gasteiger charge is -2.29. The molecule has 1 aliphatic heterocycles. The van der Waals surface area contributed by atoms with Crippen molar-refractivity contribution in [2.45, 2.75) is 25.8 Å². The van der Waals surface area contributed by atoms with Crippen molar-refractivity contribution >= 4 is 0 Å². The average molecular weight is 223 g/mol. The Hall–Kier alpha value is -0.870. The number of nitrogens with zero attached hydrogens (tertiary/aromatic N) is 2. The van der Waals surface area contributed by atoms with E-state index in [4.69, 9.17) is 4.74 Å².